The van der Waals surface area contributed by atoms with Crippen molar-refractivity contribution in [1.29, 1.82) is 0 Å². The predicted molar refractivity (Wildman–Crippen MR) is 71.2 cm³/mol. The van der Waals surface area contributed by atoms with Crippen LogP contribution in [0.3, 0.4) is 0 Å². The third-order valence-corrected chi connectivity index (χ3v) is 3.59. The first-order valence-corrected chi connectivity index (χ1v) is 6.53. The highest BCUT2D eigenvalue weighted by atomic mass is 16.5. The van der Waals surface area contributed by atoms with Crippen LogP contribution in [0.5, 0.6) is 0 Å². The summed E-state index contributed by atoms with van der Waals surface area (Å²) in [6.45, 7) is 2.17. The van der Waals surface area contributed by atoms with Crippen LogP contribution in [0.25, 0.3) is 5.65 Å². The molecule has 0 radical (unpaired) electrons. The topological polar surface area (TPSA) is 55.6 Å². The smallest absolute Gasteiger partial charge is 0.338 e. The zero-order valence-corrected chi connectivity index (χ0v) is 10.9. The van der Waals surface area contributed by atoms with Crippen LogP contribution in [0.1, 0.15) is 22.5 Å². The van der Waals surface area contributed by atoms with Gasteiger partial charge in [0.2, 0.25) is 0 Å². The van der Waals surface area contributed by atoms with Crippen molar-refractivity contribution in [2.45, 2.75) is 12.8 Å². The lowest BCUT2D eigenvalue weighted by atomic mass is 10.0. The summed E-state index contributed by atoms with van der Waals surface area (Å²) in [6.07, 6.45) is 6.09. The van der Waals surface area contributed by atoms with Crippen molar-refractivity contribution in [3.05, 3.63) is 35.8 Å². The van der Waals surface area contributed by atoms with Gasteiger partial charge in [-0.2, -0.15) is 0 Å². The summed E-state index contributed by atoms with van der Waals surface area (Å²) in [4.78, 5) is 16.1. The average molecular weight is 259 g/mol. The molecule has 0 amide bonds. The van der Waals surface area contributed by atoms with E-state index in [4.69, 9.17) is 4.74 Å². The number of nitrogens with zero attached hydrogens (tertiary/aromatic N) is 2. The molecule has 3 rings (SSSR count). The van der Waals surface area contributed by atoms with Gasteiger partial charge in [0.1, 0.15) is 5.65 Å². The molecule has 1 N–H and O–H groups in total. The molecule has 1 aliphatic rings. The molecule has 5 nitrogen and oxygen atoms in total. The summed E-state index contributed by atoms with van der Waals surface area (Å²) in [5.41, 5.74) is 2.41. The van der Waals surface area contributed by atoms with Crippen LogP contribution in [0, 0.1) is 5.92 Å². The summed E-state index contributed by atoms with van der Waals surface area (Å²) in [5, 5.41) is 3.36. The van der Waals surface area contributed by atoms with E-state index in [1.54, 1.807) is 12.1 Å². The molecule has 0 spiro atoms. The van der Waals surface area contributed by atoms with Crippen molar-refractivity contribution in [3.8, 4) is 0 Å². The number of hydrogen-bond donors (Lipinski definition) is 1. The van der Waals surface area contributed by atoms with E-state index in [0.29, 0.717) is 11.5 Å². The number of rotatable bonds is 3. The van der Waals surface area contributed by atoms with E-state index in [2.05, 4.69) is 10.3 Å². The molecule has 1 aliphatic heterocycles. The molecule has 19 heavy (non-hydrogen) atoms. The molecule has 3 heterocycles. The first-order valence-electron chi connectivity index (χ1n) is 6.53. The van der Waals surface area contributed by atoms with Crippen LogP contribution in [0.15, 0.2) is 24.5 Å². The van der Waals surface area contributed by atoms with Gasteiger partial charge in [-0.3, -0.25) is 0 Å². The fourth-order valence-corrected chi connectivity index (χ4v) is 2.56. The number of hydrogen-bond acceptors (Lipinski definition) is 4. The number of imidazole rings is 1. The van der Waals surface area contributed by atoms with E-state index >= 15 is 0 Å². The summed E-state index contributed by atoms with van der Waals surface area (Å²) >= 11 is 0. The van der Waals surface area contributed by atoms with E-state index in [1.165, 1.54) is 13.5 Å². The Hall–Kier alpha value is -1.88. The molecule has 1 unspecified atom stereocenters. The highest BCUT2D eigenvalue weighted by Gasteiger charge is 2.16. The van der Waals surface area contributed by atoms with Gasteiger partial charge in [-0.25, -0.2) is 9.78 Å². The van der Waals surface area contributed by atoms with Crippen molar-refractivity contribution >= 4 is 11.6 Å². The van der Waals surface area contributed by atoms with Crippen LogP contribution >= 0.6 is 0 Å². The SMILES string of the molecule is COC(=O)c1ccn2cc(CC3CCNC3)nc2c1. The van der Waals surface area contributed by atoms with Gasteiger partial charge in [-0.1, -0.05) is 0 Å². The van der Waals surface area contributed by atoms with Crippen molar-refractivity contribution in [2.75, 3.05) is 20.2 Å². The minimum atomic E-state index is -0.327. The van der Waals surface area contributed by atoms with Crippen LogP contribution in [-0.4, -0.2) is 35.6 Å². The van der Waals surface area contributed by atoms with Crippen LogP contribution < -0.4 is 5.32 Å². The van der Waals surface area contributed by atoms with Crippen LogP contribution in [-0.2, 0) is 11.2 Å². The molecule has 2 aromatic rings. The molecule has 0 saturated carbocycles. The maximum Gasteiger partial charge on any atom is 0.338 e. The minimum Gasteiger partial charge on any atom is -0.465 e. The lowest BCUT2D eigenvalue weighted by Gasteiger charge is -2.03. The number of pyridine rings is 1. The zero-order chi connectivity index (χ0) is 13.2. The lowest BCUT2D eigenvalue weighted by molar-refractivity contribution is 0.0600. The fourth-order valence-electron chi connectivity index (χ4n) is 2.56. The first-order chi connectivity index (χ1) is 9.26. The summed E-state index contributed by atoms with van der Waals surface area (Å²) in [5.74, 6) is 0.344. The van der Waals surface area contributed by atoms with Gasteiger partial charge in [0.25, 0.3) is 0 Å². The first kappa shape index (κ1) is 12.2. The average Bonchev–Trinajstić information content (AvgIpc) is 3.05. The Kier molecular flexibility index (Phi) is 3.21. The molecular formula is C14H17N3O2. The predicted octanol–water partition coefficient (Wildman–Crippen LogP) is 1.27. The van der Waals surface area contributed by atoms with Crippen molar-refractivity contribution in [3.63, 3.8) is 0 Å². The number of carbonyl (C=O) groups is 1. The summed E-state index contributed by atoms with van der Waals surface area (Å²) in [7, 11) is 1.39. The number of esters is 1. The molecule has 1 atom stereocenters. The largest absolute Gasteiger partial charge is 0.465 e. The van der Waals surface area contributed by atoms with Crippen LogP contribution in [0.4, 0.5) is 0 Å². The zero-order valence-electron chi connectivity index (χ0n) is 10.9. The number of nitrogens with one attached hydrogen (secondary N) is 1. The van der Waals surface area contributed by atoms with E-state index < -0.39 is 0 Å². The Labute approximate surface area is 111 Å². The summed E-state index contributed by atoms with van der Waals surface area (Å²) < 4.78 is 6.66. The Balaban J connectivity index is 1.85. The maximum atomic E-state index is 11.5. The standard InChI is InChI=1S/C14H17N3O2/c1-19-14(18)11-3-5-17-9-12(16-13(17)7-11)6-10-2-4-15-8-10/h3,5,7,9-10,15H,2,4,6,8H2,1H3. The highest BCUT2D eigenvalue weighted by Crippen LogP contribution is 2.16. The molecule has 0 aliphatic carbocycles. The molecule has 1 fully saturated rings. The van der Waals surface area contributed by atoms with Crippen molar-refractivity contribution in [1.82, 2.24) is 14.7 Å². The fraction of sp³-hybridized carbons (Fsp3) is 0.429. The number of ether oxygens (including phenoxy) is 1. The van der Waals surface area contributed by atoms with E-state index in [9.17, 15) is 4.79 Å². The number of fused-ring (bicyclic) bond motifs is 1. The normalized spacial score (nSPS) is 18.9. The Morgan fingerprint density at radius 3 is 3.26 bits per heavy atom. The second-order valence-corrected chi connectivity index (χ2v) is 4.97. The van der Waals surface area contributed by atoms with E-state index in [-0.39, 0.29) is 5.97 Å². The maximum absolute atomic E-state index is 11.5. The van der Waals surface area contributed by atoms with Gasteiger partial charge in [0.15, 0.2) is 0 Å². The molecule has 5 heteroatoms. The lowest BCUT2D eigenvalue weighted by Crippen LogP contribution is -2.10. The monoisotopic (exact) mass is 259 g/mol. The second kappa shape index (κ2) is 5.01. The molecule has 100 valence electrons. The molecule has 1 saturated heterocycles. The van der Waals surface area contributed by atoms with E-state index in [0.717, 1.165) is 30.9 Å². The molecule has 0 aromatic carbocycles. The van der Waals surface area contributed by atoms with Gasteiger partial charge in [-0.15, -0.1) is 0 Å². The number of methoxy groups -OCH3 is 1. The van der Waals surface area contributed by atoms with Crippen LogP contribution in [0.2, 0.25) is 0 Å². The van der Waals surface area contributed by atoms with Gasteiger partial charge in [-0.05, 0) is 44.0 Å². The Morgan fingerprint density at radius 1 is 1.63 bits per heavy atom. The third-order valence-electron chi connectivity index (χ3n) is 3.59. The quantitative estimate of drug-likeness (QED) is 0.843. The van der Waals surface area contributed by atoms with E-state index in [1.807, 2.05) is 16.8 Å². The number of carbonyl (C=O) groups excluding carboxylic acids is 1. The third kappa shape index (κ3) is 2.46. The van der Waals surface area contributed by atoms with Gasteiger partial charge in [0.05, 0.1) is 18.4 Å². The van der Waals surface area contributed by atoms with Gasteiger partial charge >= 0.3 is 5.97 Å². The summed E-state index contributed by atoms with van der Waals surface area (Å²) in [6, 6.07) is 3.52. The van der Waals surface area contributed by atoms with Crippen molar-refractivity contribution in [2.24, 2.45) is 5.92 Å². The second-order valence-electron chi connectivity index (χ2n) is 4.97. The van der Waals surface area contributed by atoms with Crippen molar-refractivity contribution < 1.29 is 9.53 Å². The molecule has 0 bridgehead atoms. The molecular weight excluding hydrogens is 242 g/mol. The minimum absolute atomic E-state index is 0.327. The number of aromatic nitrogens is 2. The Bertz CT molecular complexity index is 600. The van der Waals surface area contributed by atoms with Gasteiger partial charge in [0, 0.05) is 12.4 Å². The molecule has 2 aromatic heterocycles. The Morgan fingerprint density at radius 2 is 2.53 bits per heavy atom. The van der Waals surface area contributed by atoms with Gasteiger partial charge < -0.3 is 14.5 Å². The highest BCUT2D eigenvalue weighted by molar-refractivity contribution is 5.90.